The van der Waals surface area contributed by atoms with Gasteiger partial charge in [-0.05, 0) is 25.7 Å². The highest BCUT2D eigenvalue weighted by Gasteiger charge is 2.16. The van der Waals surface area contributed by atoms with Crippen LogP contribution in [0.25, 0.3) is 0 Å². The van der Waals surface area contributed by atoms with E-state index in [0.717, 1.165) is 0 Å². The third-order valence-electron chi connectivity index (χ3n) is 4.56. The van der Waals surface area contributed by atoms with Gasteiger partial charge in [-0.2, -0.15) is 0 Å². The Kier molecular flexibility index (Phi) is 7.11. The van der Waals surface area contributed by atoms with Gasteiger partial charge in [0, 0.05) is 26.2 Å². The average Bonchev–Trinajstić information content (AvgIpc) is 2.61. The third kappa shape index (κ3) is 5.27. The maximum absolute atomic E-state index is 2.70. The number of nitrogens with zero attached hydrogens (tertiary/aromatic N) is 2. The molecule has 2 saturated heterocycles. The van der Waals surface area contributed by atoms with Crippen molar-refractivity contribution in [3.63, 3.8) is 0 Å². The lowest BCUT2D eigenvalue weighted by molar-refractivity contribution is -0.0282. The lowest BCUT2D eigenvalue weighted by Crippen LogP contribution is -2.44. The van der Waals surface area contributed by atoms with Crippen molar-refractivity contribution in [2.24, 2.45) is 0 Å². The van der Waals surface area contributed by atoms with Crippen molar-refractivity contribution in [2.45, 2.75) is 77.0 Å². The maximum atomic E-state index is 2.70. The van der Waals surface area contributed by atoms with Gasteiger partial charge in [-0.1, -0.05) is 51.4 Å². The van der Waals surface area contributed by atoms with Crippen molar-refractivity contribution in [1.29, 1.82) is 0 Å². The smallest absolute Gasteiger partial charge is 0.0133 e. The van der Waals surface area contributed by atoms with E-state index < -0.39 is 0 Å². The van der Waals surface area contributed by atoms with Gasteiger partial charge >= 0.3 is 0 Å². The summed E-state index contributed by atoms with van der Waals surface area (Å²) in [7, 11) is 0. The van der Waals surface area contributed by atoms with Crippen LogP contribution in [-0.2, 0) is 0 Å². The molecule has 2 heterocycles. The second kappa shape index (κ2) is 8.92. The SMILES string of the molecule is C1CCCCN(N2CCCCCCCC2)CCC1. The molecule has 2 rings (SSSR count). The molecule has 0 aromatic carbocycles. The highest BCUT2D eigenvalue weighted by molar-refractivity contribution is 4.64. The quantitative estimate of drug-likeness (QED) is 0.689. The van der Waals surface area contributed by atoms with Crippen LogP contribution >= 0.6 is 0 Å². The van der Waals surface area contributed by atoms with Gasteiger partial charge in [0.25, 0.3) is 0 Å². The van der Waals surface area contributed by atoms with Crippen LogP contribution in [0.2, 0.25) is 0 Å². The number of rotatable bonds is 1. The largest absolute Gasteiger partial charge is 0.242 e. The second-order valence-electron chi connectivity index (χ2n) is 6.15. The molecular formula is C16H32N2. The first kappa shape index (κ1) is 14.3. The molecule has 0 aliphatic carbocycles. The topological polar surface area (TPSA) is 6.48 Å². The normalized spacial score (nSPS) is 27.3. The monoisotopic (exact) mass is 252 g/mol. The van der Waals surface area contributed by atoms with E-state index in [4.69, 9.17) is 0 Å². The Labute approximate surface area is 114 Å². The predicted molar refractivity (Wildman–Crippen MR) is 78.6 cm³/mol. The Morgan fingerprint density at radius 3 is 0.778 bits per heavy atom. The minimum Gasteiger partial charge on any atom is -0.242 e. The fourth-order valence-corrected chi connectivity index (χ4v) is 3.38. The van der Waals surface area contributed by atoms with Crippen LogP contribution in [0, 0.1) is 0 Å². The van der Waals surface area contributed by atoms with Crippen LogP contribution in [0.3, 0.4) is 0 Å². The van der Waals surface area contributed by atoms with Gasteiger partial charge in [-0.25, -0.2) is 10.0 Å². The predicted octanol–water partition coefficient (Wildman–Crippen LogP) is 4.21. The summed E-state index contributed by atoms with van der Waals surface area (Å²) in [5.74, 6) is 0. The molecule has 0 spiro atoms. The first-order valence-corrected chi connectivity index (χ1v) is 8.46. The first-order chi connectivity index (χ1) is 8.97. The van der Waals surface area contributed by atoms with Gasteiger partial charge in [-0.3, -0.25) is 0 Å². The minimum atomic E-state index is 1.32. The van der Waals surface area contributed by atoms with Gasteiger partial charge in [0.05, 0.1) is 0 Å². The summed E-state index contributed by atoms with van der Waals surface area (Å²) >= 11 is 0. The molecular weight excluding hydrogens is 220 g/mol. The molecule has 0 bridgehead atoms. The molecule has 0 aromatic rings. The van der Waals surface area contributed by atoms with E-state index in [9.17, 15) is 0 Å². The zero-order valence-corrected chi connectivity index (χ0v) is 12.2. The second-order valence-corrected chi connectivity index (χ2v) is 6.15. The molecule has 0 unspecified atom stereocenters. The number of hydrazine groups is 1. The zero-order valence-electron chi connectivity index (χ0n) is 12.2. The fraction of sp³-hybridized carbons (Fsp3) is 1.00. The molecule has 0 N–H and O–H groups in total. The fourth-order valence-electron chi connectivity index (χ4n) is 3.38. The number of hydrogen-bond acceptors (Lipinski definition) is 2. The summed E-state index contributed by atoms with van der Waals surface area (Å²) in [6, 6.07) is 0. The molecule has 2 nitrogen and oxygen atoms in total. The summed E-state index contributed by atoms with van der Waals surface area (Å²) in [5.41, 5.74) is 0. The van der Waals surface area contributed by atoms with E-state index in [-0.39, 0.29) is 0 Å². The van der Waals surface area contributed by atoms with Crippen molar-refractivity contribution in [2.75, 3.05) is 26.2 Å². The van der Waals surface area contributed by atoms with Crippen LogP contribution in [0.1, 0.15) is 77.0 Å². The summed E-state index contributed by atoms with van der Waals surface area (Å²) in [5, 5.41) is 5.41. The average molecular weight is 252 g/mol. The standard InChI is InChI=1S/C16H32N2/c1-2-6-10-14-17(13-9-5-1)18-15-11-7-3-4-8-12-16-18/h1-16H2. The summed E-state index contributed by atoms with van der Waals surface area (Å²) in [6.45, 7) is 5.28. The van der Waals surface area contributed by atoms with Crippen molar-refractivity contribution >= 4 is 0 Å². The van der Waals surface area contributed by atoms with Crippen molar-refractivity contribution < 1.29 is 0 Å². The molecule has 2 heteroatoms. The Hall–Kier alpha value is -0.0800. The van der Waals surface area contributed by atoms with Crippen molar-refractivity contribution in [3.05, 3.63) is 0 Å². The molecule has 0 aromatic heterocycles. The minimum absolute atomic E-state index is 1.32. The molecule has 106 valence electrons. The van der Waals surface area contributed by atoms with Crippen LogP contribution < -0.4 is 0 Å². The molecule has 2 aliphatic rings. The van der Waals surface area contributed by atoms with E-state index >= 15 is 0 Å². The van der Waals surface area contributed by atoms with Crippen molar-refractivity contribution in [1.82, 2.24) is 10.0 Å². The molecule has 0 saturated carbocycles. The molecule has 18 heavy (non-hydrogen) atoms. The van der Waals surface area contributed by atoms with E-state index in [1.54, 1.807) is 0 Å². The van der Waals surface area contributed by atoms with Gasteiger partial charge in [0.1, 0.15) is 0 Å². The summed E-state index contributed by atoms with van der Waals surface area (Å²) in [6.07, 6.45) is 17.3. The van der Waals surface area contributed by atoms with Gasteiger partial charge < -0.3 is 0 Å². The van der Waals surface area contributed by atoms with Gasteiger partial charge in [0.2, 0.25) is 0 Å². The highest BCUT2D eigenvalue weighted by atomic mass is 15.6. The molecule has 2 fully saturated rings. The molecule has 0 radical (unpaired) electrons. The molecule has 0 amide bonds. The molecule has 2 aliphatic heterocycles. The Morgan fingerprint density at radius 1 is 0.278 bits per heavy atom. The maximum Gasteiger partial charge on any atom is 0.0133 e. The zero-order chi connectivity index (χ0) is 12.5. The van der Waals surface area contributed by atoms with Gasteiger partial charge in [0.15, 0.2) is 0 Å². The summed E-state index contributed by atoms with van der Waals surface area (Å²) < 4.78 is 0. The first-order valence-electron chi connectivity index (χ1n) is 8.46. The summed E-state index contributed by atoms with van der Waals surface area (Å²) in [4.78, 5) is 0. The number of hydrogen-bond donors (Lipinski definition) is 0. The van der Waals surface area contributed by atoms with Crippen LogP contribution in [0.5, 0.6) is 0 Å². The van der Waals surface area contributed by atoms with E-state index in [0.29, 0.717) is 0 Å². The van der Waals surface area contributed by atoms with E-state index in [1.165, 1.54) is 103 Å². The van der Waals surface area contributed by atoms with Crippen LogP contribution in [-0.4, -0.2) is 36.2 Å². The van der Waals surface area contributed by atoms with E-state index in [2.05, 4.69) is 10.0 Å². The van der Waals surface area contributed by atoms with E-state index in [1.807, 2.05) is 0 Å². The third-order valence-corrected chi connectivity index (χ3v) is 4.56. The molecule has 0 atom stereocenters. The Morgan fingerprint density at radius 2 is 0.500 bits per heavy atom. The van der Waals surface area contributed by atoms with Crippen molar-refractivity contribution in [3.8, 4) is 0 Å². The lowest BCUT2D eigenvalue weighted by atomic mass is 10.1. The highest BCUT2D eigenvalue weighted by Crippen LogP contribution is 2.16. The van der Waals surface area contributed by atoms with Crippen LogP contribution in [0.4, 0.5) is 0 Å². The lowest BCUT2D eigenvalue weighted by Gasteiger charge is -2.35. The van der Waals surface area contributed by atoms with Crippen LogP contribution in [0.15, 0.2) is 0 Å². The Bertz CT molecular complexity index is 163. The van der Waals surface area contributed by atoms with Gasteiger partial charge in [-0.15, -0.1) is 0 Å². The Balaban J connectivity index is 1.83.